The molecule has 0 aliphatic carbocycles. The minimum atomic E-state index is -3.43. The van der Waals surface area contributed by atoms with Gasteiger partial charge in [-0.3, -0.25) is 0 Å². The van der Waals surface area contributed by atoms with Crippen LogP contribution < -0.4 is 5.19 Å². The van der Waals surface area contributed by atoms with Crippen molar-refractivity contribution in [3.8, 4) is 0 Å². The van der Waals surface area contributed by atoms with Crippen LogP contribution >= 0.6 is 0 Å². The third-order valence-corrected chi connectivity index (χ3v) is 128. The summed E-state index contributed by atoms with van der Waals surface area (Å²) < 4.78 is 151. The molecule has 0 aromatic heterocycles. The molecule has 1 rings (SSSR count). The normalized spacial score (nSPS) is 16.4. The molecule has 0 aliphatic rings. The van der Waals surface area contributed by atoms with E-state index in [-0.39, 0.29) is 11.9 Å². The summed E-state index contributed by atoms with van der Waals surface area (Å²) in [5.41, 5.74) is 1.91. The molecule has 0 amide bonds. The Balaban J connectivity index is 0. The monoisotopic (exact) mass is 2620 g/mol. The van der Waals surface area contributed by atoms with Gasteiger partial charge in [0.1, 0.15) is 19.5 Å². The van der Waals surface area contributed by atoms with Gasteiger partial charge in [-0.05, 0) is 475 Å². The van der Waals surface area contributed by atoms with Crippen molar-refractivity contribution in [2.75, 3.05) is 13.2 Å². The number of hydrogen-bond donors (Lipinski definition) is 0. The minimum absolute atomic E-state index is 0.304. The summed E-state index contributed by atoms with van der Waals surface area (Å²) >= 11 is 0. The van der Waals surface area contributed by atoms with E-state index in [1.165, 1.54) is 0 Å². The van der Waals surface area contributed by atoms with Gasteiger partial charge in [0.15, 0.2) is 224 Å². The average molecular weight is 2630 g/mol. The lowest BCUT2D eigenvalue weighted by Crippen LogP contribution is -2.68. The van der Waals surface area contributed by atoms with Gasteiger partial charge in [0.25, 0.3) is 0 Å². The fourth-order valence-electron chi connectivity index (χ4n) is 17.4. The highest BCUT2D eigenvalue weighted by Gasteiger charge is 2.58. The summed E-state index contributed by atoms with van der Waals surface area (Å²) in [6, 6.07) is 28.8. The standard InChI is InChI=1S/2C31H80O8Si10.C30H76O8Si12/c2*1-30(2)31(32)33-22-21-26-49(37-46(15,16)27-23-40(3)34-43(6,7)8,38-47(17,18)28-24-41(4)35-44(9,10)11)39-48(19,20)29-25-42(5)36-45(12,13)14;1-18-29-19-21-30(22-20-29)50(36-46(12,13)25-23-39-31-41(2)3,37-47(14,15)26-24-40-32-42(4)5)38-48(16,17)27-28-49(33-43(6)7,34-44(8)9)35-45(10)11/h2*40-42H,1,21-29H2,2-20H3;18-22,41-45H,1,23-28,39-40H2,2-17H3. The van der Waals surface area contributed by atoms with Crippen molar-refractivity contribution < 1.29 is 101 Å². The molecule has 1 aromatic carbocycles. The minimum Gasteiger partial charge on any atom is -0.463 e. The van der Waals surface area contributed by atoms with Crippen molar-refractivity contribution >= 4 is 302 Å². The van der Waals surface area contributed by atoms with Crippen LogP contribution in [0, 0.1) is 0 Å². The maximum atomic E-state index is 12.3. The Kier molecular flexibility index (Phi) is 71.1. The highest BCUT2D eigenvalue weighted by atomic mass is 28.5. The molecule has 0 saturated carbocycles. The molecule has 0 saturated heterocycles. The average Bonchev–Trinajstić information content (AvgIpc) is 0.759. The van der Waals surface area contributed by atoms with Gasteiger partial charge in [0.05, 0.1) is 13.2 Å². The second kappa shape index (κ2) is 68.6. The van der Waals surface area contributed by atoms with E-state index >= 15 is 0 Å². The molecule has 0 heterocycles. The van der Waals surface area contributed by atoms with E-state index in [1.807, 2.05) is 6.08 Å². The Hall–Kier alpha value is 3.52. The van der Waals surface area contributed by atoms with Crippen LogP contribution in [0.1, 0.15) is 32.3 Å². The molecule has 6 unspecified atom stereocenters. The van der Waals surface area contributed by atoms with Gasteiger partial charge in [0.2, 0.25) is 0 Å². The van der Waals surface area contributed by atoms with Gasteiger partial charge in [-0.25, -0.2) is 9.59 Å². The van der Waals surface area contributed by atoms with Crippen LogP contribution in [0.5, 0.6) is 0 Å². The van der Waals surface area contributed by atoms with Crippen LogP contribution in [0.25, 0.3) is 6.08 Å². The number of benzene rings is 1. The first-order valence-corrected chi connectivity index (χ1v) is 144. The maximum Gasteiger partial charge on any atom is 0.505 e. The second-order valence-corrected chi connectivity index (χ2v) is 168. The van der Waals surface area contributed by atoms with Crippen LogP contribution in [-0.4, -0.2) is 304 Å². The topological polar surface area (TPSA) is 237 Å². The van der Waals surface area contributed by atoms with Crippen molar-refractivity contribution in [1.82, 2.24) is 0 Å². The van der Waals surface area contributed by atoms with E-state index in [0.717, 1.165) is 120 Å². The molecular formula is C92H236O24Si32. The fourth-order valence-corrected chi connectivity index (χ4v) is 148. The largest absolute Gasteiger partial charge is 0.505 e. The number of hydrogen-bond acceptors (Lipinski definition) is 24. The van der Waals surface area contributed by atoms with E-state index in [4.69, 9.17) is 91.8 Å². The predicted molar refractivity (Wildman–Crippen MR) is 725 cm³/mol. The summed E-state index contributed by atoms with van der Waals surface area (Å²) in [6.07, 6.45) is 3.18. The zero-order chi connectivity index (χ0) is 116. The number of ether oxygens (including phenoxy) is 2. The third kappa shape index (κ3) is 79.6. The summed E-state index contributed by atoms with van der Waals surface area (Å²) in [5, 5.41) is 1.07. The number of esters is 2. The van der Waals surface area contributed by atoms with Crippen molar-refractivity contribution in [1.29, 1.82) is 0 Å². The first kappa shape index (κ1) is 154. The van der Waals surface area contributed by atoms with Crippen molar-refractivity contribution in [3.63, 3.8) is 0 Å². The van der Waals surface area contributed by atoms with Crippen molar-refractivity contribution in [3.05, 3.63) is 60.7 Å². The van der Waals surface area contributed by atoms with Crippen molar-refractivity contribution in [2.45, 2.75) is 488 Å². The Labute approximate surface area is 956 Å². The fraction of sp³-hybridized carbons (Fsp3) is 0.848. The first-order chi connectivity index (χ1) is 66.5. The molecule has 0 fully saturated rings. The van der Waals surface area contributed by atoms with Gasteiger partial charge >= 0.3 is 47.2 Å². The quantitative estimate of drug-likeness (QED) is 0.0255. The summed E-state index contributed by atoms with van der Waals surface area (Å²) in [6.45, 7) is 135. The van der Waals surface area contributed by atoms with E-state index in [1.54, 1.807) is 13.8 Å². The third-order valence-electron chi connectivity index (χ3n) is 23.0. The smallest absolute Gasteiger partial charge is 0.463 e. The number of rotatable bonds is 79. The van der Waals surface area contributed by atoms with Crippen LogP contribution in [0.3, 0.4) is 0 Å². The summed E-state index contributed by atoms with van der Waals surface area (Å²) in [4.78, 5) is 24.6. The Morgan fingerprint density at radius 2 is 0.480 bits per heavy atom. The molecular weight excluding hydrogens is 2390 g/mol. The summed E-state index contributed by atoms with van der Waals surface area (Å²) in [7, 11) is -58.0. The van der Waals surface area contributed by atoms with Gasteiger partial charge in [-0.1, -0.05) is 50.1 Å². The lowest BCUT2D eigenvalue weighted by atomic mass is 10.2. The van der Waals surface area contributed by atoms with Crippen molar-refractivity contribution in [2.24, 2.45) is 0 Å². The SMILES string of the molecule is C=C(C)C(=O)OCCC[Si](O[Si](C)(C)CC[SiH](C)O[Si](C)(C)C)(O[Si](C)(C)CC[SiH](C)O[Si](C)(C)C)O[Si](C)(C)CC[SiH](C)O[Si](C)(C)C.C=C(C)C(=O)OCCC[Si](O[Si](C)(C)CC[SiH](C)O[Si](C)(C)C)(O[Si](C)(C)CC[SiH](C)O[Si](C)(C)C)O[Si](C)(C)CC[SiH](C)O[Si](C)(C)C.C=Cc1ccc([Si](O[Si](C)(C)CC[SiH2]O[SiH](C)C)(O[Si](C)(C)CC[SiH2]O[SiH](C)C)O[Si](C)(C)CC[Si](O[SiH](C)C)(O[SiH](C)C)O[SiH](C)C)cc1. The zero-order valence-electron chi connectivity index (χ0n) is 106. The zero-order valence-corrected chi connectivity index (χ0v) is 141. The second-order valence-electron chi connectivity index (χ2n) is 54.7. The van der Waals surface area contributed by atoms with Crippen LogP contribution in [0.15, 0.2) is 55.1 Å². The molecule has 56 heteroatoms. The molecule has 876 valence electrons. The van der Waals surface area contributed by atoms with Crippen LogP contribution in [0.2, 0.25) is 461 Å². The Morgan fingerprint density at radius 1 is 0.270 bits per heavy atom. The Bertz CT molecular complexity index is 3490. The predicted octanol–water partition coefficient (Wildman–Crippen LogP) is 25.5. The molecule has 24 nitrogen and oxygen atoms in total. The molecule has 0 N–H and O–H groups in total. The molecule has 1 aromatic rings. The van der Waals surface area contributed by atoms with Gasteiger partial charge < -0.3 is 91.8 Å². The number of carbonyl (C=O) groups excluding carboxylic acids is 2. The van der Waals surface area contributed by atoms with E-state index in [2.05, 4.69) is 384 Å². The van der Waals surface area contributed by atoms with Gasteiger partial charge in [0, 0.05) is 34.5 Å². The highest BCUT2D eigenvalue weighted by molar-refractivity contribution is 6.98. The molecule has 0 aliphatic heterocycles. The van der Waals surface area contributed by atoms with E-state index < -0.39 is 279 Å². The van der Waals surface area contributed by atoms with E-state index in [0.29, 0.717) is 49.3 Å². The lowest BCUT2D eigenvalue weighted by Gasteiger charge is -2.45. The molecule has 0 radical (unpaired) electrons. The van der Waals surface area contributed by atoms with Gasteiger partial charge in [-0.15, -0.1) is 0 Å². The first-order valence-electron chi connectivity index (χ1n) is 56.5. The molecule has 0 bridgehead atoms. The summed E-state index contributed by atoms with van der Waals surface area (Å²) in [5.74, 6) is -0.698. The van der Waals surface area contributed by atoms with Crippen LogP contribution in [0.4, 0.5) is 0 Å². The molecule has 0 spiro atoms. The maximum absolute atomic E-state index is 12.3. The molecule has 148 heavy (non-hydrogen) atoms. The van der Waals surface area contributed by atoms with Gasteiger partial charge in [-0.2, -0.15) is 0 Å². The van der Waals surface area contributed by atoms with Crippen LogP contribution in [-0.2, 0) is 101 Å². The number of carbonyl (C=O) groups is 2. The Morgan fingerprint density at radius 3 is 0.669 bits per heavy atom. The molecule has 6 atom stereocenters. The van der Waals surface area contributed by atoms with E-state index in [9.17, 15) is 9.59 Å². The lowest BCUT2D eigenvalue weighted by molar-refractivity contribution is -0.139. The highest BCUT2D eigenvalue weighted by Crippen LogP contribution is 2.41.